The molecule has 0 aliphatic carbocycles. The summed E-state index contributed by atoms with van der Waals surface area (Å²) >= 11 is 0. The van der Waals surface area contributed by atoms with Crippen LogP contribution >= 0.6 is 12.4 Å². The number of hydrogen-bond donors (Lipinski definition) is 1. The van der Waals surface area contributed by atoms with Crippen LogP contribution < -0.4 is 0 Å². The molecule has 14 heavy (non-hydrogen) atoms. The van der Waals surface area contributed by atoms with Gasteiger partial charge in [-0.15, -0.1) is 12.4 Å². The predicted molar refractivity (Wildman–Crippen MR) is 62.9 cm³/mol. The molecule has 0 rings (SSSR count). The summed E-state index contributed by atoms with van der Waals surface area (Å²) in [6.45, 7) is 8.09. The van der Waals surface area contributed by atoms with Crippen molar-refractivity contribution in [3.63, 3.8) is 0 Å². The number of nitrogens with zero attached hydrogens (tertiary/aromatic N) is 1. The molecule has 0 amide bonds. The lowest BCUT2D eigenvalue weighted by molar-refractivity contribution is -0.870. The van der Waals surface area contributed by atoms with Gasteiger partial charge in [-0.2, -0.15) is 0 Å². The molecule has 0 spiro atoms. The van der Waals surface area contributed by atoms with Gasteiger partial charge in [-0.25, -0.2) is 4.79 Å². The highest BCUT2D eigenvalue weighted by atomic mass is 35.5. The van der Waals surface area contributed by atoms with E-state index < -0.39 is 5.97 Å². The number of carbonyl (C=O) groups is 1. The molecule has 4 heteroatoms. The van der Waals surface area contributed by atoms with E-state index in [1.165, 1.54) is 19.9 Å². The van der Waals surface area contributed by atoms with Gasteiger partial charge >= 0.3 is 5.97 Å². The lowest BCUT2D eigenvalue weighted by Crippen LogP contribution is -2.34. The van der Waals surface area contributed by atoms with E-state index in [4.69, 9.17) is 5.11 Å². The van der Waals surface area contributed by atoms with E-state index in [0.29, 0.717) is 0 Å². The maximum absolute atomic E-state index is 9.60. The summed E-state index contributed by atoms with van der Waals surface area (Å²) < 4.78 is 1.09. The largest absolute Gasteiger partial charge is 0.478 e. The van der Waals surface area contributed by atoms with Crippen LogP contribution in [0.3, 0.4) is 0 Å². The third-order valence-electron chi connectivity index (χ3n) is 1.26. The molecule has 1 N–H and O–H groups in total. The molecular weight excluding hydrogens is 202 g/mol. The molecule has 3 nitrogen and oxygen atoms in total. The first-order chi connectivity index (χ1) is 5.70. The molecule has 0 unspecified atom stereocenters. The number of hydrogen-bond acceptors (Lipinski definition) is 1. The summed E-state index contributed by atoms with van der Waals surface area (Å²) in [6.07, 6.45) is 1.28. The van der Waals surface area contributed by atoms with Gasteiger partial charge in [-0.3, -0.25) is 0 Å². The van der Waals surface area contributed by atoms with Crippen LogP contribution in [0.4, 0.5) is 0 Å². The van der Waals surface area contributed by atoms with E-state index in [9.17, 15) is 4.79 Å². The number of rotatable bonds is 3. The van der Waals surface area contributed by atoms with Gasteiger partial charge in [-0.05, 0) is 13.3 Å². The molecule has 0 radical (unpaired) electrons. The molecule has 0 heterocycles. The Labute approximate surface area is 93.4 Å². The number of quaternary nitrogens is 1. The van der Waals surface area contributed by atoms with Crippen molar-refractivity contribution in [2.45, 2.75) is 20.3 Å². The van der Waals surface area contributed by atoms with Gasteiger partial charge in [0.05, 0.1) is 27.7 Å². The Balaban J connectivity index is -0.000000163. The van der Waals surface area contributed by atoms with Crippen molar-refractivity contribution in [1.82, 2.24) is 0 Å². The minimum atomic E-state index is -0.935. The molecule has 0 bridgehead atoms. The van der Waals surface area contributed by atoms with Gasteiger partial charge in [0, 0.05) is 5.57 Å². The lowest BCUT2D eigenvalue weighted by atomic mass is 10.4. The Kier molecular flexibility index (Phi) is 12.3. The molecule has 0 aromatic carbocycles. The van der Waals surface area contributed by atoms with E-state index in [1.807, 2.05) is 0 Å². The number of aliphatic carboxylic acids is 1. The molecule has 0 fully saturated rings. The molecule has 0 aromatic heterocycles. The van der Waals surface area contributed by atoms with Gasteiger partial charge in [0.25, 0.3) is 0 Å². The molecule has 0 aromatic rings. The fourth-order valence-electron chi connectivity index (χ4n) is 0.671. The SMILES string of the molecule is C=C(C)C(=O)O.CCC[N+](C)(C)C.Cl. The molecular formula is C10H23ClNO2+. The maximum Gasteiger partial charge on any atom is 0.330 e. The fourth-order valence-corrected chi connectivity index (χ4v) is 0.671. The van der Waals surface area contributed by atoms with Gasteiger partial charge in [0.1, 0.15) is 0 Å². The molecule has 0 aliphatic heterocycles. The van der Waals surface area contributed by atoms with Crippen molar-refractivity contribution in [3.05, 3.63) is 12.2 Å². The van der Waals surface area contributed by atoms with Gasteiger partial charge in [0.15, 0.2) is 0 Å². The third kappa shape index (κ3) is 22.5. The third-order valence-corrected chi connectivity index (χ3v) is 1.26. The smallest absolute Gasteiger partial charge is 0.330 e. The van der Waals surface area contributed by atoms with Gasteiger partial charge < -0.3 is 9.59 Å². The number of halogens is 1. The first-order valence-corrected chi connectivity index (χ1v) is 4.40. The van der Waals surface area contributed by atoms with Crippen molar-refractivity contribution in [3.8, 4) is 0 Å². The zero-order chi connectivity index (χ0) is 11.1. The van der Waals surface area contributed by atoms with Crippen LogP contribution in [0.5, 0.6) is 0 Å². The average molecular weight is 225 g/mol. The van der Waals surface area contributed by atoms with E-state index in [0.717, 1.165) is 4.48 Å². The van der Waals surface area contributed by atoms with Crippen LogP contribution in [0.15, 0.2) is 12.2 Å². The monoisotopic (exact) mass is 224 g/mol. The first-order valence-electron chi connectivity index (χ1n) is 4.40. The zero-order valence-corrected chi connectivity index (χ0v) is 10.6. The number of carboxylic acids is 1. The van der Waals surface area contributed by atoms with Crippen LogP contribution in [0.25, 0.3) is 0 Å². The molecule has 0 saturated carbocycles. The van der Waals surface area contributed by atoms with E-state index in [2.05, 4.69) is 34.6 Å². The van der Waals surface area contributed by atoms with Crippen molar-refractivity contribution in [2.24, 2.45) is 0 Å². The minimum absolute atomic E-state index is 0. The Morgan fingerprint density at radius 1 is 1.36 bits per heavy atom. The van der Waals surface area contributed by atoms with Crippen molar-refractivity contribution in [1.29, 1.82) is 0 Å². The molecule has 86 valence electrons. The van der Waals surface area contributed by atoms with Crippen LogP contribution in [0.2, 0.25) is 0 Å². The van der Waals surface area contributed by atoms with Crippen LogP contribution in [-0.4, -0.2) is 43.2 Å². The predicted octanol–water partition coefficient (Wildman–Crippen LogP) is 2.17. The van der Waals surface area contributed by atoms with Crippen molar-refractivity contribution < 1.29 is 14.4 Å². The van der Waals surface area contributed by atoms with E-state index in [1.54, 1.807) is 0 Å². The summed E-state index contributed by atoms with van der Waals surface area (Å²) in [6, 6.07) is 0. The summed E-state index contributed by atoms with van der Waals surface area (Å²) in [5, 5.41) is 7.89. The fraction of sp³-hybridized carbons (Fsp3) is 0.700. The molecule has 0 saturated heterocycles. The standard InChI is InChI=1S/C6H16N.C4H6O2.ClH/c1-5-6-7(2,3)4;1-3(2)4(5)6;/h5-6H2,1-4H3;1H2,2H3,(H,5,6);1H/q+1;;. The topological polar surface area (TPSA) is 37.3 Å². The van der Waals surface area contributed by atoms with Crippen LogP contribution in [-0.2, 0) is 4.79 Å². The van der Waals surface area contributed by atoms with Gasteiger partial charge in [0.2, 0.25) is 0 Å². The van der Waals surface area contributed by atoms with Crippen LogP contribution in [0, 0.1) is 0 Å². The van der Waals surface area contributed by atoms with Crippen molar-refractivity contribution in [2.75, 3.05) is 27.7 Å². The second kappa shape index (κ2) is 9.03. The summed E-state index contributed by atoms with van der Waals surface area (Å²) in [4.78, 5) is 9.60. The first kappa shape index (κ1) is 19.1. The van der Waals surface area contributed by atoms with Crippen molar-refractivity contribution >= 4 is 18.4 Å². The Morgan fingerprint density at radius 3 is 1.64 bits per heavy atom. The summed E-state index contributed by atoms with van der Waals surface area (Å²) in [5.41, 5.74) is 0.176. The van der Waals surface area contributed by atoms with Gasteiger partial charge in [-0.1, -0.05) is 13.5 Å². The average Bonchev–Trinajstić information content (AvgIpc) is 1.85. The zero-order valence-electron chi connectivity index (χ0n) is 9.83. The van der Waals surface area contributed by atoms with Crippen LogP contribution in [0.1, 0.15) is 20.3 Å². The number of carboxylic acid groups (broad SMARTS) is 1. The Hall–Kier alpha value is -0.540. The highest BCUT2D eigenvalue weighted by Crippen LogP contribution is 1.90. The summed E-state index contributed by atoms with van der Waals surface area (Å²) in [5.74, 6) is -0.935. The Bertz CT molecular complexity index is 161. The molecule has 0 aliphatic rings. The highest BCUT2D eigenvalue weighted by molar-refractivity contribution is 5.85. The highest BCUT2D eigenvalue weighted by Gasteiger charge is 2.01. The minimum Gasteiger partial charge on any atom is -0.478 e. The Morgan fingerprint density at radius 2 is 1.64 bits per heavy atom. The molecule has 0 atom stereocenters. The normalized spacial score (nSPS) is 9.21. The van der Waals surface area contributed by atoms with E-state index in [-0.39, 0.29) is 18.0 Å². The van der Waals surface area contributed by atoms with E-state index >= 15 is 0 Å². The summed E-state index contributed by atoms with van der Waals surface area (Å²) in [7, 11) is 6.64. The quantitative estimate of drug-likeness (QED) is 0.590. The lowest BCUT2D eigenvalue weighted by Gasteiger charge is -2.22. The second-order valence-electron chi connectivity index (χ2n) is 4.10. The second-order valence-corrected chi connectivity index (χ2v) is 4.10. The maximum atomic E-state index is 9.60.